The SMILES string of the molecule is C[C@H]1CN(S(=O)(=O)C2CCCC(C#N)C2)C2CC(NC(=O)C3C(F)CCCC3Cl)CCC2O1. The van der Waals surface area contributed by atoms with Gasteiger partial charge in [-0.05, 0) is 64.7 Å². The average Bonchev–Trinajstić information content (AvgIpc) is 2.78. The number of carbonyl (C=O) groups excluding carboxylic acids is 1. The Bertz CT molecular complexity index is 858. The van der Waals surface area contributed by atoms with Crippen molar-refractivity contribution in [1.29, 1.82) is 5.26 Å². The van der Waals surface area contributed by atoms with Crippen molar-refractivity contribution in [1.82, 2.24) is 9.62 Å². The molecule has 1 heterocycles. The van der Waals surface area contributed by atoms with E-state index in [4.69, 9.17) is 16.3 Å². The highest BCUT2D eigenvalue weighted by Gasteiger charge is 2.48. The summed E-state index contributed by atoms with van der Waals surface area (Å²) in [6, 6.07) is 1.63. The molecule has 1 amide bonds. The molecule has 0 bridgehead atoms. The van der Waals surface area contributed by atoms with Crippen molar-refractivity contribution in [3.05, 3.63) is 0 Å². The van der Waals surface area contributed by atoms with Crippen molar-refractivity contribution >= 4 is 27.5 Å². The minimum atomic E-state index is -3.61. The first-order valence-electron chi connectivity index (χ1n) is 12.3. The minimum absolute atomic E-state index is 0.214. The van der Waals surface area contributed by atoms with Gasteiger partial charge >= 0.3 is 0 Å². The van der Waals surface area contributed by atoms with Crippen LogP contribution in [0.4, 0.5) is 4.39 Å². The van der Waals surface area contributed by atoms with Gasteiger partial charge in [0.25, 0.3) is 0 Å². The molecular weight excluding hydrogens is 469 g/mol. The molecule has 1 N–H and O–H groups in total. The molecule has 3 saturated carbocycles. The highest BCUT2D eigenvalue weighted by Crippen LogP contribution is 2.38. The number of fused-ring (bicyclic) bond motifs is 1. The van der Waals surface area contributed by atoms with Crippen LogP contribution in [0.3, 0.4) is 0 Å². The third-order valence-corrected chi connectivity index (χ3v) is 10.7. The molecular formula is C23H35ClFN3O4S. The lowest BCUT2D eigenvalue weighted by molar-refractivity contribution is -0.131. The zero-order valence-electron chi connectivity index (χ0n) is 19.2. The summed E-state index contributed by atoms with van der Waals surface area (Å²) in [5.41, 5.74) is 0. The van der Waals surface area contributed by atoms with E-state index in [1.807, 2.05) is 6.92 Å². The summed E-state index contributed by atoms with van der Waals surface area (Å²) >= 11 is 6.28. The third kappa shape index (κ3) is 5.34. The molecule has 1 saturated heterocycles. The van der Waals surface area contributed by atoms with E-state index in [1.54, 1.807) is 4.31 Å². The largest absolute Gasteiger partial charge is 0.372 e. The van der Waals surface area contributed by atoms with Crippen molar-refractivity contribution in [2.45, 2.75) is 112 Å². The van der Waals surface area contributed by atoms with Gasteiger partial charge in [0.1, 0.15) is 6.17 Å². The van der Waals surface area contributed by atoms with Gasteiger partial charge in [-0.3, -0.25) is 4.79 Å². The Kier molecular flexibility index (Phi) is 7.89. The predicted molar refractivity (Wildman–Crippen MR) is 123 cm³/mol. The molecule has 1 aliphatic heterocycles. The van der Waals surface area contributed by atoms with Gasteiger partial charge in [-0.25, -0.2) is 12.8 Å². The first-order chi connectivity index (χ1) is 15.7. The highest BCUT2D eigenvalue weighted by molar-refractivity contribution is 7.89. The van der Waals surface area contributed by atoms with Gasteiger partial charge in [0.15, 0.2) is 0 Å². The molecule has 10 heteroatoms. The first kappa shape index (κ1) is 25.2. The lowest BCUT2D eigenvalue weighted by Crippen LogP contribution is -2.62. The van der Waals surface area contributed by atoms with Crippen molar-refractivity contribution in [2.24, 2.45) is 11.8 Å². The van der Waals surface area contributed by atoms with Crippen LogP contribution < -0.4 is 5.32 Å². The van der Waals surface area contributed by atoms with Gasteiger partial charge in [-0.2, -0.15) is 9.57 Å². The summed E-state index contributed by atoms with van der Waals surface area (Å²) in [5.74, 6) is -1.45. The fraction of sp³-hybridized carbons (Fsp3) is 0.913. The summed E-state index contributed by atoms with van der Waals surface area (Å²) in [7, 11) is -3.61. The number of hydrogen-bond acceptors (Lipinski definition) is 5. The molecule has 8 unspecified atom stereocenters. The lowest BCUT2D eigenvalue weighted by atomic mass is 9.84. The molecule has 0 aromatic rings. The summed E-state index contributed by atoms with van der Waals surface area (Å²) in [6.45, 7) is 2.16. The number of nitriles is 1. The first-order valence-corrected chi connectivity index (χ1v) is 14.3. The lowest BCUT2D eigenvalue weighted by Gasteiger charge is -2.48. The van der Waals surface area contributed by atoms with Gasteiger partial charge in [0.05, 0.1) is 35.5 Å². The quantitative estimate of drug-likeness (QED) is 0.593. The minimum Gasteiger partial charge on any atom is -0.372 e. The van der Waals surface area contributed by atoms with E-state index in [9.17, 15) is 22.9 Å². The average molecular weight is 504 g/mol. The van der Waals surface area contributed by atoms with E-state index in [0.29, 0.717) is 51.4 Å². The molecule has 4 aliphatic rings. The number of carbonyl (C=O) groups is 1. The number of alkyl halides is 2. The summed E-state index contributed by atoms with van der Waals surface area (Å²) in [6.07, 6.45) is 4.13. The van der Waals surface area contributed by atoms with Crippen LogP contribution in [0.25, 0.3) is 0 Å². The van der Waals surface area contributed by atoms with E-state index in [0.717, 1.165) is 12.8 Å². The van der Waals surface area contributed by atoms with E-state index in [1.165, 1.54) is 0 Å². The van der Waals surface area contributed by atoms with Crippen molar-refractivity contribution < 1.29 is 22.3 Å². The van der Waals surface area contributed by atoms with E-state index >= 15 is 0 Å². The topological polar surface area (TPSA) is 99.5 Å². The molecule has 0 aromatic heterocycles. The summed E-state index contributed by atoms with van der Waals surface area (Å²) < 4.78 is 49.5. The molecule has 9 atom stereocenters. The Hall–Kier alpha value is -0.950. The Morgan fingerprint density at radius 1 is 1.15 bits per heavy atom. The monoisotopic (exact) mass is 503 g/mol. The maximum absolute atomic E-state index is 14.4. The molecule has 4 fully saturated rings. The van der Waals surface area contributed by atoms with Crippen LogP contribution in [0, 0.1) is 23.2 Å². The van der Waals surface area contributed by atoms with Gasteiger partial charge in [-0.1, -0.05) is 6.42 Å². The zero-order chi connectivity index (χ0) is 23.8. The fourth-order valence-electron chi connectivity index (χ4n) is 6.18. The predicted octanol–water partition coefficient (Wildman–Crippen LogP) is 3.27. The number of nitrogens with one attached hydrogen (secondary N) is 1. The van der Waals surface area contributed by atoms with Gasteiger partial charge in [-0.15, -0.1) is 11.6 Å². The maximum atomic E-state index is 14.4. The molecule has 3 aliphatic carbocycles. The normalized spacial score (nSPS) is 42.7. The van der Waals surface area contributed by atoms with Crippen LogP contribution in [-0.4, -0.2) is 66.3 Å². The molecule has 0 aromatic carbocycles. The van der Waals surface area contributed by atoms with Crippen LogP contribution in [-0.2, 0) is 19.6 Å². The molecule has 186 valence electrons. The molecule has 0 spiro atoms. The number of morpholine rings is 1. The van der Waals surface area contributed by atoms with Crippen LogP contribution in [0.5, 0.6) is 0 Å². The smallest absolute Gasteiger partial charge is 0.227 e. The Morgan fingerprint density at radius 3 is 2.64 bits per heavy atom. The molecule has 7 nitrogen and oxygen atoms in total. The number of hydrogen-bond donors (Lipinski definition) is 1. The Morgan fingerprint density at radius 2 is 1.91 bits per heavy atom. The zero-order valence-corrected chi connectivity index (χ0v) is 20.7. The van der Waals surface area contributed by atoms with Crippen molar-refractivity contribution in [3.63, 3.8) is 0 Å². The van der Waals surface area contributed by atoms with E-state index < -0.39 is 32.7 Å². The molecule has 0 radical (unpaired) electrons. The molecule has 4 rings (SSSR count). The van der Waals surface area contributed by atoms with Crippen LogP contribution in [0.15, 0.2) is 0 Å². The molecule has 33 heavy (non-hydrogen) atoms. The van der Waals surface area contributed by atoms with Crippen molar-refractivity contribution in [3.8, 4) is 6.07 Å². The van der Waals surface area contributed by atoms with Crippen LogP contribution >= 0.6 is 11.6 Å². The second-order valence-electron chi connectivity index (χ2n) is 10.3. The summed E-state index contributed by atoms with van der Waals surface area (Å²) in [4.78, 5) is 12.9. The number of ether oxygens (including phenoxy) is 1. The summed E-state index contributed by atoms with van der Waals surface area (Å²) in [5, 5.41) is 11.2. The van der Waals surface area contributed by atoms with Gasteiger partial charge in [0, 0.05) is 23.9 Å². The highest BCUT2D eigenvalue weighted by atomic mass is 35.5. The maximum Gasteiger partial charge on any atom is 0.227 e. The van der Waals surface area contributed by atoms with Crippen LogP contribution in [0.2, 0.25) is 0 Å². The van der Waals surface area contributed by atoms with Gasteiger partial charge < -0.3 is 10.1 Å². The Balaban J connectivity index is 1.47. The van der Waals surface area contributed by atoms with Crippen LogP contribution in [0.1, 0.15) is 71.1 Å². The van der Waals surface area contributed by atoms with E-state index in [-0.39, 0.29) is 42.7 Å². The number of rotatable bonds is 4. The van der Waals surface area contributed by atoms with E-state index in [2.05, 4.69) is 11.4 Å². The fourth-order valence-corrected chi connectivity index (χ4v) is 8.94. The third-order valence-electron chi connectivity index (χ3n) is 7.91. The van der Waals surface area contributed by atoms with Crippen molar-refractivity contribution in [2.75, 3.05) is 6.54 Å². The standard InChI is InChI=1S/C23H35ClFN3O4S/c1-14-13-28(33(30,31)17-5-2-4-15(10-17)12-26)20-11-16(8-9-21(20)32-14)27-23(29)22-18(24)6-3-7-19(22)25/h14-22H,2-11,13H2,1H3,(H,27,29)/t14-,15?,16?,17?,18?,19?,20?,21?,22?/m0/s1. The number of halogens is 2. The number of sulfonamides is 1. The number of nitrogens with zero attached hydrogens (tertiary/aromatic N) is 2. The Labute approximate surface area is 201 Å². The second-order valence-corrected chi connectivity index (χ2v) is 13.0. The van der Waals surface area contributed by atoms with Gasteiger partial charge in [0.2, 0.25) is 15.9 Å². The number of amides is 1. The second kappa shape index (κ2) is 10.3.